The Morgan fingerprint density at radius 2 is 2.46 bits per heavy atom. The minimum Gasteiger partial charge on any atom is -0.480 e. The fraction of sp³-hybridized carbons (Fsp3) is 0.750. The number of nitrogens with zero attached hydrogens (tertiary/aromatic N) is 1. The van der Waals surface area contributed by atoms with Crippen LogP contribution in [0, 0.1) is 0 Å². The number of hydrogen-bond acceptors (Lipinski definition) is 3. The zero-order valence-electron chi connectivity index (χ0n) is 7.69. The first kappa shape index (κ1) is 9.83. The molecule has 0 aromatic carbocycles. The number of amides is 1. The third kappa shape index (κ3) is 1.91. The SMILES string of the molecule is CCC1CN(C(C)C(=O)O)C(=O)O1. The van der Waals surface area contributed by atoms with Gasteiger partial charge in [-0.2, -0.15) is 0 Å². The first-order valence-corrected chi connectivity index (χ1v) is 4.26. The van der Waals surface area contributed by atoms with Crippen molar-refractivity contribution in [1.29, 1.82) is 0 Å². The number of carboxylic acid groups (broad SMARTS) is 1. The van der Waals surface area contributed by atoms with Crippen molar-refractivity contribution in [2.24, 2.45) is 0 Å². The Kier molecular flexibility index (Phi) is 2.75. The van der Waals surface area contributed by atoms with Crippen molar-refractivity contribution in [2.45, 2.75) is 32.4 Å². The Bertz CT molecular complexity index is 228. The predicted molar refractivity (Wildman–Crippen MR) is 44.4 cm³/mol. The molecule has 1 aliphatic heterocycles. The molecule has 5 nitrogen and oxygen atoms in total. The van der Waals surface area contributed by atoms with E-state index in [4.69, 9.17) is 9.84 Å². The third-order valence-electron chi connectivity index (χ3n) is 2.18. The van der Waals surface area contributed by atoms with E-state index in [1.54, 1.807) is 0 Å². The maximum atomic E-state index is 11.1. The number of ether oxygens (including phenoxy) is 1. The summed E-state index contributed by atoms with van der Waals surface area (Å²) in [5.41, 5.74) is 0. The van der Waals surface area contributed by atoms with E-state index >= 15 is 0 Å². The second-order valence-corrected chi connectivity index (χ2v) is 3.08. The Morgan fingerprint density at radius 3 is 2.85 bits per heavy atom. The molecular weight excluding hydrogens is 174 g/mol. The van der Waals surface area contributed by atoms with Crippen LogP contribution in [-0.4, -0.2) is 40.8 Å². The molecule has 0 aliphatic carbocycles. The molecule has 1 amide bonds. The minimum atomic E-state index is -1.01. The highest BCUT2D eigenvalue weighted by Crippen LogP contribution is 2.16. The van der Waals surface area contributed by atoms with Gasteiger partial charge in [-0.25, -0.2) is 9.59 Å². The van der Waals surface area contributed by atoms with Crippen LogP contribution in [0.4, 0.5) is 4.79 Å². The van der Waals surface area contributed by atoms with Crippen molar-refractivity contribution in [2.75, 3.05) is 6.54 Å². The summed E-state index contributed by atoms with van der Waals surface area (Å²) >= 11 is 0. The fourth-order valence-corrected chi connectivity index (χ4v) is 1.20. The van der Waals surface area contributed by atoms with Crippen molar-refractivity contribution in [3.05, 3.63) is 0 Å². The van der Waals surface area contributed by atoms with Gasteiger partial charge < -0.3 is 9.84 Å². The van der Waals surface area contributed by atoms with Gasteiger partial charge >= 0.3 is 12.1 Å². The summed E-state index contributed by atoms with van der Waals surface area (Å²) in [6, 6.07) is -0.802. The van der Waals surface area contributed by atoms with Gasteiger partial charge in [0.05, 0.1) is 6.54 Å². The van der Waals surface area contributed by atoms with Gasteiger partial charge in [0, 0.05) is 0 Å². The van der Waals surface area contributed by atoms with E-state index < -0.39 is 18.1 Å². The first-order chi connectivity index (χ1) is 6.06. The molecule has 1 N–H and O–H groups in total. The summed E-state index contributed by atoms with van der Waals surface area (Å²) in [5, 5.41) is 8.67. The van der Waals surface area contributed by atoms with Crippen LogP contribution in [0.5, 0.6) is 0 Å². The maximum Gasteiger partial charge on any atom is 0.410 e. The van der Waals surface area contributed by atoms with Crippen molar-refractivity contribution in [3.8, 4) is 0 Å². The molecule has 5 heteroatoms. The summed E-state index contributed by atoms with van der Waals surface area (Å²) in [6.45, 7) is 3.75. The van der Waals surface area contributed by atoms with Gasteiger partial charge in [0.1, 0.15) is 12.1 Å². The smallest absolute Gasteiger partial charge is 0.410 e. The predicted octanol–water partition coefficient (Wildman–Crippen LogP) is 0.690. The van der Waals surface area contributed by atoms with E-state index in [1.807, 2.05) is 6.92 Å². The monoisotopic (exact) mass is 187 g/mol. The van der Waals surface area contributed by atoms with Crippen LogP contribution in [0.25, 0.3) is 0 Å². The van der Waals surface area contributed by atoms with Crippen molar-refractivity contribution < 1.29 is 19.4 Å². The van der Waals surface area contributed by atoms with Crippen LogP contribution in [0.3, 0.4) is 0 Å². The van der Waals surface area contributed by atoms with Gasteiger partial charge in [-0.05, 0) is 13.3 Å². The number of carboxylic acids is 1. The average molecular weight is 187 g/mol. The summed E-state index contributed by atoms with van der Waals surface area (Å²) in [4.78, 5) is 22.9. The number of carbonyl (C=O) groups excluding carboxylic acids is 1. The minimum absolute atomic E-state index is 0.158. The van der Waals surface area contributed by atoms with E-state index in [-0.39, 0.29) is 6.10 Å². The second-order valence-electron chi connectivity index (χ2n) is 3.08. The Labute approximate surface area is 76.3 Å². The molecule has 0 aromatic rings. The highest BCUT2D eigenvalue weighted by Gasteiger charge is 2.35. The number of rotatable bonds is 3. The summed E-state index contributed by atoms with van der Waals surface area (Å²) in [7, 11) is 0. The van der Waals surface area contributed by atoms with E-state index in [0.717, 1.165) is 0 Å². The van der Waals surface area contributed by atoms with Gasteiger partial charge in [0.15, 0.2) is 0 Å². The van der Waals surface area contributed by atoms with Gasteiger partial charge in [-0.3, -0.25) is 4.90 Å². The number of cyclic esters (lactones) is 1. The molecule has 0 spiro atoms. The summed E-state index contributed by atoms with van der Waals surface area (Å²) in [6.07, 6.45) is 0.0326. The lowest BCUT2D eigenvalue weighted by atomic mass is 10.2. The van der Waals surface area contributed by atoms with Crippen LogP contribution in [-0.2, 0) is 9.53 Å². The second kappa shape index (κ2) is 3.64. The molecule has 2 unspecified atom stereocenters. The topological polar surface area (TPSA) is 66.8 Å². The number of carbonyl (C=O) groups is 2. The van der Waals surface area contributed by atoms with Gasteiger partial charge in [-0.15, -0.1) is 0 Å². The Morgan fingerprint density at radius 1 is 1.85 bits per heavy atom. The standard InChI is InChI=1S/C8H13NO4/c1-3-6-4-9(8(12)13-6)5(2)7(10)11/h5-6H,3-4H2,1-2H3,(H,10,11). The molecule has 0 radical (unpaired) electrons. The van der Waals surface area contributed by atoms with Crippen LogP contribution in [0.1, 0.15) is 20.3 Å². The van der Waals surface area contributed by atoms with Crippen LogP contribution in [0.15, 0.2) is 0 Å². The maximum absolute atomic E-state index is 11.1. The third-order valence-corrected chi connectivity index (χ3v) is 2.18. The summed E-state index contributed by atoms with van der Waals surface area (Å²) < 4.78 is 4.92. The summed E-state index contributed by atoms with van der Waals surface area (Å²) in [5.74, 6) is -1.01. The van der Waals surface area contributed by atoms with Crippen LogP contribution < -0.4 is 0 Å². The largest absolute Gasteiger partial charge is 0.480 e. The first-order valence-electron chi connectivity index (χ1n) is 4.26. The van der Waals surface area contributed by atoms with Crippen LogP contribution >= 0.6 is 0 Å². The molecule has 1 aliphatic rings. The highest BCUT2D eigenvalue weighted by atomic mass is 16.6. The van der Waals surface area contributed by atoms with Crippen molar-refractivity contribution in [3.63, 3.8) is 0 Å². The lowest BCUT2D eigenvalue weighted by molar-refractivity contribution is -0.141. The van der Waals surface area contributed by atoms with Crippen molar-refractivity contribution in [1.82, 2.24) is 4.90 Å². The molecule has 0 aromatic heterocycles. The molecule has 13 heavy (non-hydrogen) atoms. The van der Waals surface area contributed by atoms with Gasteiger partial charge in [0.25, 0.3) is 0 Å². The lowest BCUT2D eigenvalue weighted by Gasteiger charge is -2.16. The van der Waals surface area contributed by atoms with Crippen molar-refractivity contribution >= 4 is 12.1 Å². The van der Waals surface area contributed by atoms with E-state index in [0.29, 0.717) is 13.0 Å². The molecule has 1 rings (SSSR count). The molecule has 1 heterocycles. The van der Waals surface area contributed by atoms with E-state index in [1.165, 1.54) is 11.8 Å². The Hall–Kier alpha value is -1.26. The zero-order chi connectivity index (χ0) is 10.0. The zero-order valence-corrected chi connectivity index (χ0v) is 7.69. The number of aliphatic carboxylic acids is 1. The molecule has 0 saturated carbocycles. The molecular formula is C8H13NO4. The molecule has 2 atom stereocenters. The number of hydrogen-bond donors (Lipinski definition) is 1. The molecule has 74 valence electrons. The average Bonchev–Trinajstić information content (AvgIpc) is 2.45. The van der Waals surface area contributed by atoms with E-state index in [9.17, 15) is 9.59 Å². The van der Waals surface area contributed by atoms with Gasteiger partial charge in [-0.1, -0.05) is 6.92 Å². The quantitative estimate of drug-likeness (QED) is 0.705. The van der Waals surface area contributed by atoms with Crippen LogP contribution in [0.2, 0.25) is 0 Å². The Balaban J connectivity index is 2.62. The molecule has 1 fully saturated rings. The fourth-order valence-electron chi connectivity index (χ4n) is 1.20. The molecule has 1 saturated heterocycles. The van der Waals surface area contributed by atoms with Gasteiger partial charge in [0.2, 0.25) is 0 Å². The molecule has 0 bridgehead atoms. The normalized spacial score (nSPS) is 24.3. The van der Waals surface area contributed by atoms with E-state index in [2.05, 4.69) is 0 Å². The lowest BCUT2D eigenvalue weighted by Crippen LogP contribution is -2.39. The highest BCUT2D eigenvalue weighted by molar-refractivity contribution is 5.80.